The molecule has 0 aromatic carbocycles. The number of hydrogen-bond donors (Lipinski definition) is 2. The molecule has 1 rings (SSSR count). The maximum absolute atomic E-state index is 12.0. The molecule has 0 radical (unpaired) electrons. The van der Waals surface area contributed by atoms with Crippen molar-refractivity contribution in [2.75, 3.05) is 13.2 Å². The minimum absolute atomic E-state index is 0.00806. The second kappa shape index (κ2) is 19.6. The van der Waals surface area contributed by atoms with Gasteiger partial charge in [0.15, 0.2) is 0 Å². The molecule has 0 heterocycles. The number of carbonyl (C=O) groups is 4. The number of rotatable bonds is 20. The van der Waals surface area contributed by atoms with Gasteiger partial charge in [-0.3, -0.25) is 19.2 Å². The van der Waals surface area contributed by atoms with Crippen LogP contribution in [0, 0.1) is 0 Å². The number of ether oxygens (including phenoxy) is 2. The largest absolute Gasteiger partial charge is 0.466 e. The summed E-state index contributed by atoms with van der Waals surface area (Å²) in [6, 6.07) is 0.0161. The van der Waals surface area contributed by atoms with Crippen LogP contribution < -0.4 is 10.6 Å². The number of unbranched alkanes of at least 4 members (excludes halogenated alkanes) is 10. The highest BCUT2D eigenvalue weighted by Gasteiger charge is 2.38. The molecule has 1 aliphatic carbocycles. The maximum atomic E-state index is 12.0. The first-order valence-electron chi connectivity index (χ1n) is 13.1. The lowest BCUT2D eigenvalue weighted by atomic mass is 10.1. The smallest absolute Gasteiger partial charge is 0.302 e. The molecule has 0 aromatic heterocycles. The number of carbonyl (C=O) groups excluding carboxylic acids is 4. The molecule has 2 atom stereocenters. The van der Waals surface area contributed by atoms with E-state index in [1.165, 1.54) is 13.8 Å². The van der Waals surface area contributed by atoms with Crippen molar-refractivity contribution in [3.05, 3.63) is 24.3 Å². The fraction of sp³-hybridized carbons (Fsp3) is 0.704. The molecule has 35 heavy (non-hydrogen) atoms. The van der Waals surface area contributed by atoms with Gasteiger partial charge in [0, 0.05) is 13.8 Å². The van der Waals surface area contributed by atoms with Crippen molar-refractivity contribution in [2.24, 2.45) is 0 Å². The van der Waals surface area contributed by atoms with Crippen molar-refractivity contribution < 1.29 is 28.7 Å². The molecular weight excluding hydrogens is 448 g/mol. The number of hydrogen-bond acceptors (Lipinski definition) is 6. The Morgan fingerprint density at radius 3 is 1.40 bits per heavy atom. The van der Waals surface area contributed by atoms with Gasteiger partial charge in [0.1, 0.15) is 0 Å². The molecule has 198 valence electrons. The topological polar surface area (TPSA) is 111 Å². The normalized spacial score (nSPS) is 16.9. The van der Waals surface area contributed by atoms with Gasteiger partial charge in [-0.2, -0.15) is 0 Å². The predicted octanol–water partition coefficient (Wildman–Crippen LogP) is 4.28. The lowest BCUT2D eigenvalue weighted by Gasteiger charge is -2.03. The number of amides is 2. The molecule has 0 aromatic rings. The van der Waals surface area contributed by atoms with Crippen LogP contribution in [0.1, 0.15) is 97.3 Å². The molecule has 1 saturated carbocycles. The number of allylic oxidation sites excluding steroid dienone is 2. The molecule has 0 unspecified atom stereocenters. The first kappa shape index (κ1) is 30.4. The van der Waals surface area contributed by atoms with Crippen LogP contribution in [0.25, 0.3) is 0 Å². The molecule has 0 saturated heterocycles. The fourth-order valence-electron chi connectivity index (χ4n) is 3.58. The summed E-state index contributed by atoms with van der Waals surface area (Å²) >= 11 is 0. The highest BCUT2D eigenvalue weighted by Crippen LogP contribution is 2.21. The van der Waals surface area contributed by atoms with Crippen LogP contribution in [0.5, 0.6) is 0 Å². The van der Waals surface area contributed by atoms with E-state index in [1.807, 2.05) is 12.2 Å². The maximum Gasteiger partial charge on any atom is 0.302 e. The lowest BCUT2D eigenvalue weighted by Crippen LogP contribution is -2.33. The van der Waals surface area contributed by atoms with Gasteiger partial charge in [-0.15, -0.1) is 0 Å². The molecule has 8 heteroatoms. The van der Waals surface area contributed by atoms with Crippen LogP contribution >= 0.6 is 0 Å². The van der Waals surface area contributed by atoms with E-state index in [-0.39, 0.29) is 35.8 Å². The van der Waals surface area contributed by atoms with E-state index in [4.69, 9.17) is 9.47 Å². The Labute approximate surface area is 210 Å². The summed E-state index contributed by atoms with van der Waals surface area (Å²) in [5.74, 6) is -0.683. The van der Waals surface area contributed by atoms with Gasteiger partial charge < -0.3 is 20.1 Å². The Bertz CT molecular complexity index is 646. The predicted molar refractivity (Wildman–Crippen MR) is 135 cm³/mol. The number of esters is 2. The minimum Gasteiger partial charge on any atom is -0.466 e. The summed E-state index contributed by atoms with van der Waals surface area (Å²) in [6.07, 6.45) is 19.7. The van der Waals surface area contributed by atoms with Gasteiger partial charge in [-0.1, -0.05) is 50.7 Å². The van der Waals surface area contributed by atoms with Gasteiger partial charge in [0.05, 0.1) is 25.3 Å². The first-order chi connectivity index (χ1) is 16.9. The summed E-state index contributed by atoms with van der Waals surface area (Å²) < 4.78 is 9.79. The molecule has 8 nitrogen and oxygen atoms in total. The lowest BCUT2D eigenvalue weighted by molar-refractivity contribution is -0.142. The Morgan fingerprint density at radius 1 is 0.629 bits per heavy atom. The molecule has 2 amide bonds. The van der Waals surface area contributed by atoms with Crippen molar-refractivity contribution in [3.8, 4) is 0 Å². The van der Waals surface area contributed by atoms with Crippen LogP contribution in [0.15, 0.2) is 24.3 Å². The summed E-state index contributed by atoms with van der Waals surface area (Å²) in [7, 11) is 0. The van der Waals surface area contributed by atoms with Gasteiger partial charge >= 0.3 is 11.9 Å². The van der Waals surface area contributed by atoms with Gasteiger partial charge in [0.2, 0.25) is 11.8 Å². The van der Waals surface area contributed by atoms with E-state index in [0.717, 1.165) is 83.5 Å². The van der Waals surface area contributed by atoms with E-state index < -0.39 is 0 Å². The third-order valence-corrected chi connectivity index (χ3v) is 5.63. The standard InChI is InChI=1S/C27H44N2O6/c1-22(30)34-19-15-11-7-3-5-9-13-17-26(32)28-24-21-25(24)29-27(33)18-14-10-6-4-8-12-16-20-35-23(2)31/h13-14,17-18,24-25H,3-12,15-16,19-21H2,1-2H3,(H,28,32)(H,29,33)/t24-,25-/m1/s1. The van der Waals surface area contributed by atoms with E-state index >= 15 is 0 Å². The monoisotopic (exact) mass is 492 g/mol. The summed E-state index contributed by atoms with van der Waals surface area (Å²) in [4.78, 5) is 45.3. The zero-order valence-electron chi connectivity index (χ0n) is 21.5. The van der Waals surface area contributed by atoms with Crippen molar-refractivity contribution >= 4 is 23.8 Å². The molecule has 1 aliphatic rings. The molecule has 2 N–H and O–H groups in total. The molecule has 0 bridgehead atoms. The number of nitrogens with one attached hydrogen (secondary N) is 2. The zero-order chi connectivity index (χ0) is 25.7. The Hall–Kier alpha value is -2.64. The van der Waals surface area contributed by atoms with Crippen LogP contribution in [-0.2, 0) is 28.7 Å². The molecule has 0 spiro atoms. The summed E-state index contributed by atoms with van der Waals surface area (Å²) in [5, 5.41) is 5.84. The van der Waals surface area contributed by atoms with Gasteiger partial charge in [-0.25, -0.2) is 0 Å². The third-order valence-electron chi connectivity index (χ3n) is 5.63. The van der Waals surface area contributed by atoms with Crippen LogP contribution in [-0.4, -0.2) is 49.1 Å². The van der Waals surface area contributed by atoms with E-state index in [1.54, 1.807) is 12.2 Å². The van der Waals surface area contributed by atoms with Crippen molar-refractivity contribution in [2.45, 2.75) is 109 Å². The van der Waals surface area contributed by atoms with E-state index in [0.29, 0.717) is 13.2 Å². The van der Waals surface area contributed by atoms with Crippen molar-refractivity contribution in [3.63, 3.8) is 0 Å². The van der Waals surface area contributed by atoms with Crippen LogP contribution in [0.4, 0.5) is 0 Å². The Morgan fingerprint density at radius 2 is 1.00 bits per heavy atom. The summed E-state index contributed by atoms with van der Waals surface area (Å²) in [5.41, 5.74) is 0. The van der Waals surface area contributed by atoms with Crippen LogP contribution in [0.2, 0.25) is 0 Å². The first-order valence-corrected chi connectivity index (χ1v) is 13.1. The van der Waals surface area contributed by atoms with Gasteiger partial charge in [-0.05, 0) is 57.1 Å². The zero-order valence-corrected chi connectivity index (χ0v) is 21.5. The minimum atomic E-state index is -0.227. The van der Waals surface area contributed by atoms with Crippen LogP contribution in [0.3, 0.4) is 0 Å². The Kier molecular flexibility index (Phi) is 17.1. The highest BCUT2D eigenvalue weighted by molar-refractivity contribution is 5.89. The fourth-order valence-corrected chi connectivity index (χ4v) is 3.58. The molecule has 0 aliphatic heterocycles. The summed E-state index contributed by atoms with van der Waals surface area (Å²) in [6.45, 7) is 3.84. The average Bonchev–Trinajstić information content (AvgIpc) is 3.52. The average molecular weight is 493 g/mol. The second-order valence-electron chi connectivity index (χ2n) is 9.06. The third kappa shape index (κ3) is 19.4. The SMILES string of the molecule is CC(=O)OCCCCCCCC=CC(=O)N[C@@H]1C[C@H]1NC(=O)C=CCCCCCCCOC(C)=O. The Balaban J connectivity index is 1.95. The van der Waals surface area contributed by atoms with Crippen molar-refractivity contribution in [1.82, 2.24) is 10.6 Å². The van der Waals surface area contributed by atoms with Gasteiger partial charge in [0.25, 0.3) is 0 Å². The van der Waals surface area contributed by atoms with Crippen molar-refractivity contribution in [1.29, 1.82) is 0 Å². The quantitative estimate of drug-likeness (QED) is 0.149. The van der Waals surface area contributed by atoms with E-state index in [2.05, 4.69) is 10.6 Å². The highest BCUT2D eigenvalue weighted by atomic mass is 16.5. The molecular formula is C27H44N2O6. The second-order valence-corrected chi connectivity index (χ2v) is 9.06. The molecule has 1 fully saturated rings. The van der Waals surface area contributed by atoms with E-state index in [9.17, 15) is 19.2 Å².